The first-order valence-electron chi connectivity index (χ1n) is 11.3. The average molecular weight is 469 g/mol. The summed E-state index contributed by atoms with van der Waals surface area (Å²) in [5.74, 6) is 0.354. The minimum atomic E-state index is -0.757. The Kier molecular flexibility index (Phi) is 7.19. The van der Waals surface area contributed by atoms with Crippen LogP contribution in [0.2, 0.25) is 0 Å². The minimum Gasteiger partial charge on any atom is -0.489 e. The van der Waals surface area contributed by atoms with Crippen molar-refractivity contribution in [3.63, 3.8) is 0 Å². The van der Waals surface area contributed by atoms with Crippen LogP contribution in [0, 0.1) is 12.8 Å². The molecular formula is C23H28N6O5. The maximum atomic E-state index is 11.3. The summed E-state index contributed by atoms with van der Waals surface area (Å²) in [5, 5.41) is 17.7. The van der Waals surface area contributed by atoms with Crippen molar-refractivity contribution in [1.82, 2.24) is 29.9 Å². The van der Waals surface area contributed by atoms with Crippen LogP contribution in [0.25, 0.3) is 11.4 Å². The van der Waals surface area contributed by atoms with Gasteiger partial charge in [-0.1, -0.05) is 5.21 Å². The monoisotopic (exact) mass is 468 g/mol. The molecule has 0 bridgehead atoms. The van der Waals surface area contributed by atoms with Crippen LogP contribution in [0.1, 0.15) is 44.0 Å². The van der Waals surface area contributed by atoms with E-state index < -0.39 is 5.97 Å². The van der Waals surface area contributed by atoms with Crippen molar-refractivity contribution in [2.45, 2.75) is 52.2 Å². The number of hydrogen-bond donors (Lipinski definition) is 1. The SMILES string of the molecule is CCOc1cc(OCc2c(-c3ccc(O[C@H]4CCC[C@H](C(=O)O)C4)c(C)n3)nnn2C)ncn1. The number of aryl methyl sites for hydroxylation is 2. The highest BCUT2D eigenvalue weighted by molar-refractivity contribution is 5.70. The molecule has 1 fully saturated rings. The summed E-state index contributed by atoms with van der Waals surface area (Å²) in [6, 6.07) is 5.30. The Hall–Kier alpha value is -3.76. The predicted molar refractivity (Wildman–Crippen MR) is 121 cm³/mol. The molecule has 34 heavy (non-hydrogen) atoms. The molecule has 11 heteroatoms. The highest BCUT2D eigenvalue weighted by Crippen LogP contribution is 2.30. The van der Waals surface area contributed by atoms with E-state index >= 15 is 0 Å². The molecule has 1 saturated carbocycles. The smallest absolute Gasteiger partial charge is 0.306 e. The van der Waals surface area contributed by atoms with Crippen molar-refractivity contribution < 1.29 is 24.1 Å². The number of hydrogen-bond acceptors (Lipinski definition) is 9. The van der Waals surface area contributed by atoms with E-state index in [1.54, 1.807) is 17.8 Å². The van der Waals surface area contributed by atoms with E-state index in [0.717, 1.165) is 18.5 Å². The lowest BCUT2D eigenvalue weighted by Gasteiger charge is -2.27. The lowest BCUT2D eigenvalue weighted by Crippen LogP contribution is -2.29. The summed E-state index contributed by atoms with van der Waals surface area (Å²) < 4.78 is 19.0. The molecule has 3 aromatic heterocycles. The number of aromatic nitrogens is 6. The second-order valence-corrected chi connectivity index (χ2v) is 8.15. The van der Waals surface area contributed by atoms with Crippen molar-refractivity contribution in [2.75, 3.05) is 6.61 Å². The van der Waals surface area contributed by atoms with Gasteiger partial charge in [-0.05, 0) is 51.7 Å². The molecule has 3 heterocycles. The van der Waals surface area contributed by atoms with Crippen LogP contribution in [0.4, 0.5) is 0 Å². The van der Waals surface area contributed by atoms with Crippen molar-refractivity contribution in [3.8, 4) is 28.9 Å². The van der Waals surface area contributed by atoms with Crippen molar-refractivity contribution in [2.24, 2.45) is 13.0 Å². The average Bonchev–Trinajstić information content (AvgIpc) is 3.20. The first-order valence-corrected chi connectivity index (χ1v) is 11.3. The second-order valence-electron chi connectivity index (χ2n) is 8.15. The zero-order valence-corrected chi connectivity index (χ0v) is 19.5. The Bertz CT molecular complexity index is 1150. The highest BCUT2D eigenvalue weighted by Gasteiger charge is 2.28. The molecular weight excluding hydrogens is 440 g/mol. The number of carboxylic acids is 1. The van der Waals surface area contributed by atoms with Gasteiger partial charge in [0, 0.05) is 7.05 Å². The van der Waals surface area contributed by atoms with Gasteiger partial charge in [-0.25, -0.2) is 19.6 Å². The Balaban J connectivity index is 1.47. The molecule has 1 N–H and O–H groups in total. The van der Waals surface area contributed by atoms with E-state index in [2.05, 4.69) is 25.3 Å². The normalized spacial score (nSPS) is 17.9. The molecule has 180 valence electrons. The zero-order valence-electron chi connectivity index (χ0n) is 19.5. The summed E-state index contributed by atoms with van der Waals surface area (Å²) in [7, 11) is 1.78. The maximum absolute atomic E-state index is 11.3. The van der Waals surface area contributed by atoms with Crippen LogP contribution in [0.15, 0.2) is 24.5 Å². The number of nitrogens with zero attached hydrogens (tertiary/aromatic N) is 6. The van der Waals surface area contributed by atoms with Gasteiger partial charge < -0.3 is 19.3 Å². The quantitative estimate of drug-likeness (QED) is 0.499. The van der Waals surface area contributed by atoms with E-state index in [-0.39, 0.29) is 18.6 Å². The first-order chi connectivity index (χ1) is 16.4. The van der Waals surface area contributed by atoms with Crippen LogP contribution < -0.4 is 14.2 Å². The van der Waals surface area contributed by atoms with Crippen LogP contribution in [-0.4, -0.2) is 53.7 Å². The van der Waals surface area contributed by atoms with Gasteiger partial charge in [-0.2, -0.15) is 0 Å². The standard InChI is InChI=1S/C23H28N6O5/c1-4-32-20-11-21(25-13-24-20)33-12-18-22(27-28-29(18)3)17-8-9-19(14(2)26-17)34-16-7-5-6-15(10-16)23(30)31/h8-9,11,13,15-16H,4-7,10,12H2,1-3H3,(H,30,31)/t15-,16-/m0/s1. The third-order valence-electron chi connectivity index (χ3n) is 5.76. The van der Waals surface area contributed by atoms with Crippen LogP contribution >= 0.6 is 0 Å². The van der Waals surface area contributed by atoms with Gasteiger partial charge in [0.15, 0.2) is 0 Å². The molecule has 1 aliphatic carbocycles. The van der Waals surface area contributed by atoms with Crippen molar-refractivity contribution in [3.05, 3.63) is 35.9 Å². The van der Waals surface area contributed by atoms with Crippen LogP contribution in [-0.2, 0) is 18.4 Å². The van der Waals surface area contributed by atoms with Crippen molar-refractivity contribution >= 4 is 5.97 Å². The zero-order chi connectivity index (χ0) is 24.1. The Morgan fingerprint density at radius 2 is 2.00 bits per heavy atom. The minimum absolute atomic E-state index is 0.129. The molecule has 0 saturated heterocycles. The van der Waals surface area contributed by atoms with E-state index in [0.29, 0.717) is 54.0 Å². The third-order valence-corrected chi connectivity index (χ3v) is 5.76. The molecule has 4 rings (SSSR count). The third kappa shape index (κ3) is 5.41. The number of aliphatic carboxylic acids is 1. The molecule has 0 spiro atoms. The summed E-state index contributed by atoms with van der Waals surface area (Å²) in [6.07, 6.45) is 4.15. The number of pyridine rings is 1. The number of carboxylic acid groups (broad SMARTS) is 1. The van der Waals surface area contributed by atoms with E-state index in [1.165, 1.54) is 6.33 Å². The highest BCUT2D eigenvalue weighted by atomic mass is 16.5. The Morgan fingerprint density at radius 3 is 2.74 bits per heavy atom. The summed E-state index contributed by atoms with van der Waals surface area (Å²) >= 11 is 0. The molecule has 3 aromatic rings. The van der Waals surface area contributed by atoms with E-state index in [1.807, 2.05) is 26.0 Å². The van der Waals surface area contributed by atoms with Crippen LogP contribution in [0.5, 0.6) is 17.5 Å². The van der Waals surface area contributed by atoms with E-state index in [4.69, 9.17) is 14.2 Å². The fraction of sp³-hybridized carbons (Fsp3) is 0.478. The fourth-order valence-corrected chi connectivity index (χ4v) is 3.97. The van der Waals surface area contributed by atoms with Gasteiger partial charge in [0.1, 0.15) is 30.1 Å². The molecule has 0 unspecified atom stereocenters. The van der Waals surface area contributed by atoms with Gasteiger partial charge in [-0.3, -0.25) is 4.79 Å². The van der Waals surface area contributed by atoms with Crippen LogP contribution in [0.3, 0.4) is 0 Å². The topological polar surface area (TPSA) is 134 Å². The molecule has 1 aliphatic rings. The number of ether oxygens (including phenoxy) is 3. The van der Waals surface area contributed by atoms with Gasteiger partial charge in [0.05, 0.1) is 36.1 Å². The summed E-state index contributed by atoms with van der Waals surface area (Å²) in [6.45, 7) is 4.42. The number of carbonyl (C=O) groups is 1. The number of rotatable bonds is 9. The molecule has 0 aromatic carbocycles. The second kappa shape index (κ2) is 10.4. The fourth-order valence-electron chi connectivity index (χ4n) is 3.97. The predicted octanol–water partition coefficient (Wildman–Crippen LogP) is 2.98. The summed E-state index contributed by atoms with van der Waals surface area (Å²) in [4.78, 5) is 24.2. The Labute approximate surface area is 197 Å². The van der Waals surface area contributed by atoms with Crippen molar-refractivity contribution in [1.29, 1.82) is 0 Å². The lowest BCUT2D eigenvalue weighted by atomic mass is 9.87. The molecule has 0 radical (unpaired) electrons. The molecule has 0 amide bonds. The molecule has 2 atom stereocenters. The van der Waals surface area contributed by atoms with Gasteiger partial charge >= 0.3 is 5.97 Å². The van der Waals surface area contributed by atoms with Gasteiger partial charge in [-0.15, -0.1) is 5.10 Å². The van der Waals surface area contributed by atoms with E-state index in [9.17, 15) is 9.90 Å². The molecule has 11 nitrogen and oxygen atoms in total. The molecule has 0 aliphatic heterocycles. The summed E-state index contributed by atoms with van der Waals surface area (Å²) in [5.41, 5.74) is 2.67. The lowest BCUT2D eigenvalue weighted by molar-refractivity contribution is -0.143. The van der Waals surface area contributed by atoms with Gasteiger partial charge in [0.25, 0.3) is 0 Å². The largest absolute Gasteiger partial charge is 0.489 e. The maximum Gasteiger partial charge on any atom is 0.306 e. The Morgan fingerprint density at radius 1 is 1.21 bits per heavy atom. The first kappa shape index (κ1) is 23.4. The van der Waals surface area contributed by atoms with Gasteiger partial charge in [0.2, 0.25) is 11.8 Å².